The molecule has 19 heavy (non-hydrogen) atoms. The molecule has 0 saturated carbocycles. The van der Waals surface area contributed by atoms with Crippen molar-refractivity contribution in [2.24, 2.45) is 5.73 Å². The Morgan fingerprint density at radius 1 is 1.53 bits per heavy atom. The Hall–Kier alpha value is -1.13. The van der Waals surface area contributed by atoms with E-state index in [1.54, 1.807) is 6.07 Å². The third-order valence-electron chi connectivity index (χ3n) is 3.61. The number of halogens is 1. The highest BCUT2D eigenvalue weighted by Gasteiger charge is 2.24. The van der Waals surface area contributed by atoms with E-state index in [0.29, 0.717) is 12.3 Å². The fourth-order valence-corrected chi connectivity index (χ4v) is 2.75. The van der Waals surface area contributed by atoms with Crippen molar-refractivity contribution < 1.29 is 9.13 Å². The van der Waals surface area contributed by atoms with E-state index in [1.807, 2.05) is 19.9 Å². The predicted molar refractivity (Wildman–Crippen MR) is 75.9 cm³/mol. The van der Waals surface area contributed by atoms with Gasteiger partial charge in [0.25, 0.3) is 0 Å². The first-order valence-corrected chi connectivity index (χ1v) is 7.04. The molecule has 1 unspecified atom stereocenters. The largest absolute Gasteiger partial charge is 0.377 e. The maximum absolute atomic E-state index is 14.2. The number of hydrogen-bond acceptors (Lipinski definition) is 3. The zero-order valence-electron chi connectivity index (χ0n) is 11.7. The minimum atomic E-state index is -0.188. The van der Waals surface area contributed by atoms with Crippen molar-refractivity contribution in [1.82, 2.24) is 0 Å². The van der Waals surface area contributed by atoms with Crippen LogP contribution in [0, 0.1) is 5.82 Å². The van der Waals surface area contributed by atoms with E-state index in [-0.39, 0.29) is 18.0 Å². The van der Waals surface area contributed by atoms with E-state index in [2.05, 4.69) is 4.90 Å². The van der Waals surface area contributed by atoms with Gasteiger partial charge in [-0.1, -0.05) is 12.1 Å². The predicted octanol–water partition coefficient (Wildman–Crippen LogP) is 2.85. The van der Waals surface area contributed by atoms with Crippen LogP contribution in [0.5, 0.6) is 0 Å². The molecule has 1 fully saturated rings. The molecule has 0 bridgehead atoms. The van der Waals surface area contributed by atoms with E-state index in [0.717, 1.165) is 31.5 Å². The molecule has 4 heteroatoms. The molecule has 0 radical (unpaired) electrons. The Bertz CT molecular complexity index is 421. The molecular formula is C15H23FN2O. The number of benzene rings is 1. The van der Waals surface area contributed by atoms with Gasteiger partial charge in [-0.2, -0.15) is 0 Å². The lowest BCUT2D eigenvalue weighted by molar-refractivity contribution is 0.0525. The van der Waals surface area contributed by atoms with Gasteiger partial charge in [-0.3, -0.25) is 0 Å². The van der Waals surface area contributed by atoms with Crippen LogP contribution < -0.4 is 10.6 Å². The summed E-state index contributed by atoms with van der Waals surface area (Å²) in [6.07, 6.45) is 2.27. The molecule has 0 amide bonds. The molecular weight excluding hydrogens is 243 g/mol. The van der Waals surface area contributed by atoms with Crippen molar-refractivity contribution in [2.75, 3.05) is 24.6 Å². The first kappa shape index (κ1) is 14.3. The zero-order valence-corrected chi connectivity index (χ0v) is 11.7. The number of nitrogens with two attached hydrogens (primary N) is 1. The van der Waals surface area contributed by atoms with Gasteiger partial charge in [-0.25, -0.2) is 4.39 Å². The monoisotopic (exact) mass is 266 g/mol. The van der Waals surface area contributed by atoms with E-state index >= 15 is 0 Å². The van der Waals surface area contributed by atoms with Crippen molar-refractivity contribution in [2.45, 2.75) is 38.8 Å². The molecule has 1 aliphatic heterocycles. The number of hydrogen-bond donors (Lipinski definition) is 1. The van der Waals surface area contributed by atoms with Gasteiger partial charge in [0.15, 0.2) is 0 Å². The second-order valence-electron chi connectivity index (χ2n) is 5.13. The second-order valence-corrected chi connectivity index (χ2v) is 5.13. The summed E-state index contributed by atoms with van der Waals surface area (Å²) < 4.78 is 19.8. The van der Waals surface area contributed by atoms with Crippen LogP contribution >= 0.6 is 0 Å². The molecule has 1 heterocycles. The van der Waals surface area contributed by atoms with Gasteiger partial charge in [0.05, 0.1) is 11.8 Å². The number of nitrogens with zero attached hydrogens (tertiary/aromatic N) is 1. The molecule has 0 aliphatic carbocycles. The molecule has 1 saturated heterocycles. The van der Waals surface area contributed by atoms with Crippen LogP contribution in [0.2, 0.25) is 0 Å². The van der Waals surface area contributed by atoms with Gasteiger partial charge in [-0.05, 0) is 38.3 Å². The normalized spacial score (nSPS) is 21.5. The number of para-hydroxylation sites is 1. The average Bonchev–Trinajstić information content (AvgIpc) is 2.39. The van der Waals surface area contributed by atoms with Gasteiger partial charge in [0, 0.05) is 25.7 Å². The minimum absolute atomic E-state index is 0.168. The lowest BCUT2D eigenvalue weighted by Gasteiger charge is -2.36. The molecule has 1 aromatic carbocycles. The molecule has 106 valence electrons. The highest BCUT2D eigenvalue weighted by atomic mass is 19.1. The zero-order chi connectivity index (χ0) is 13.8. The number of rotatable bonds is 4. The first-order valence-electron chi connectivity index (χ1n) is 7.04. The Balaban J connectivity index is 2.25. The van der Waals surface area contributed by atoms with Crippen LogP contribution in [0.1, 0.15) is 38.3 Å². The van der Waals surface area contributed by atoms with Crippen molar-refractivity contribution in [3.63, 3.8) is 0 Å². The topological polar surface area (TPSA) is 38.5 Å². The second kappa shape index (κ2) is 6.35. The summed E-state index contributed by atoms with van der Waals surface area (Å²) >= 11 is 0. The van der Waals surface area contributed by atoms with Gasteiger partial charge in [0.1, 0.15) is 5.82 Å². The van der Waals surface area contributed by atoms with Gasteiger partial charge in [-0.15, -0.1) is 0 Å². The third-order valence-corrected chi connectivity index (χ3v) is 3.61. The molecule has 1 aromatic rings. The first-order chi connectivity index (χ1) is 9.13. The molecule has 2 rings (SSSR count). The summed E-state index contributed by atoms with van der Waals surface area (Å²) in [5, 5.41) is 0. The smallest absolute Gasteiger partial charge is 0.146 e. The Morgan fingerprint density at radius 2 is 2.32 bits per heavy atom. The SMILES string of the molecule is CCOC1CCCN(c2c(F)cccc2[C@@H](C)N)C1. The van der Waals surface area contributed by atoms with Gasteiger partial charge < -0.3 is 15.4 Å². The molecule has 2 N–H and O–H groups in total. The Morgan fingerprint density at radius 3 is 3.00 bits per heavy atom. The molecule has 0 spiro atoms. The van der Waals surface area contributed by atoms with Crippen LogP contribution in [0.15, 0.2) is 18.2 Å². The van der Waals surface area contributed by atoms with Crippen molar-refractivity contribution in [1.29, 1.82) is 0 Å². The Labute approximate surface area is 114 Å². The maximum Gasteiger partial charge on any atom is 0.146 e. The van der Waals surface area contributed by atoms with Crippen LogP contribution in [0.4, 0.5) is 10.1 Å². The van der Waals surface area contributed by atoms with Crippen molar-refractivity contribution >= 4 is 5.69 Å². The van der Waals surface area contributed by atoms with E-state index in [4.69, 9.17) is 10.5 Å². The van der Waals surface area contributed by atoms with Gasteiger partial charge in [0.2, 0.25) is 0 Å². The van der Waals surface area contributed by atoms with Crippen molar-refractivity contribution in [3.8, 4) is 0 Å². The summed E-state index contributed by atoms with van der Waals surface area (Å²) in [5.74, 6) is -0.188. The number of ether oxygens (including phenoxy) is 1. The van der Waals surface area contributed by atoms with Crippen LogP contribution in [-0.4, -0.2) is 25.8 Å². The lowest BCUT2D eigenvalue weighted by Crippen LogP contribution is -2.41. The minimum Gasteiger partial charge on any atom is -0.377 e. The maximum atomic E-state index is 14.2. The van der Waals surface area contributed by atoms with Crippen LogP contribution in [-0.2, 0) is 4.74 Å². The quantitative estimate of drug-likeness (QED) is 0.910. The summed E-state index contributed by atoms with van der Waals surface area (Å²) in [5.41, 5.74) is 7.49. The van der Waals surface area contributed by atoms with Gasteiger partial charge >= 0.3 is 0 Å². The average molecular weight is 266 g/mol. The van der Waals surface area contributed by atoms with Crippen LogP contribution in [0.25, 0.3) is 0 Å². The van der Waals surface area contributed by atoms with E-state index < -0.39 is 0 Å². The summed E-state index contributed by atoms with van der Waals surface area (Å²) in [6.45, 7) is 6.20. The Kier molecular flexibility index (Phi) is 4.77. The summed E-state index contributed by atoms with van der Waals surface area (Å²) in [7, 11) is 0. The highest BCUT2D eigenvalue weighted by molar-refractivity contribution is 5.56. The third kappa shape index (κ3) is 3.25. The molecule has 0 aromatic heterocycles. The van der Waals surface area contributed by atoms with E-state index in [1.165, 1.54) is 6.07 Å². The highest BCUT2D eigenvalue weighted by Crippen LogP contribution is 2.31. The van der Waals surface area contributed by atoms with E-state index in [9.17, 15) is 4.39 Å². The molecule has 1 aliphatic rings. The van der Waals surface area contributed by atoms with Crippen LogP contribution in [0.3, 0.4) is 0 Å². The number of anilines is 1. The molecule has 2 atom stereocenters. The summed E-state index contributed by atoms with van der Waals surface area (Å²) in [4.78, 5) is 2.08. The lowest BCUT2D eigenvalue weighted by atomic mass is 10.0. The fourth-order valence-electron chi connectivity index (χ4n) is 2.75. The fraction of sp³-hybridized carbons (Fsp3) is 0.600. The summed E-state index contributed by atoms with van der Waals surface area (Å²) in [6, 6.07) is 4.97. The molecule has 3 nitrogen and oxygen atoms in total. The van der Waals surface area contributed by atoms with Crippen molar-refractivity contribution in [3.05, 3.63) is 29.6 Å². The number of piperidine rings is 1. The standard InChI is InChI=1S/C15H23FN2O/c1-3-19-12-6-5-9-18(10-12)15-13(11(2)17)7-4-8-14(15)16/h4,7-8,11-12H,3,5-6,9-10,17H2,1-2H3/t11-,12?/m1/s1.